The van der Waals surface area contributed by atoms with E-state index in [4.69, 9.17) is 6.57 Å². The molecule has 1 aromatic carbocycles. The lowest BCUT2D eigenvalue weighted by Gasteiger charge is -1.92. The summed E-state index contributed by atoms with van der Waals surface area (Å²) in [5, 5.41) is 1.17. The maximum Gasteiger partial charge on any atom is 0.220 e. The summed E-state index contributed by atoms with van der Waals surface area (Å²) in [5.41, 5.74) is 1.04. The minimum absolute atomic E-state index is 0.519. The normalized spacial score (nSPS) is 10.3. The van der Waals surface area contributed by atoms with E-state index in [2.05, 4.69) is 37.3 Å². The molecule has 0 fully saturated rings. The van der Waals surface area contributed by atoms with E-state index in [1.54, 1.807) is 0 Å². The van der Waals surface area contributed by atoms with E-state index in [0.29, 0.717) is 6.54 Å². The van der Waals surface area contributed by atoms with Gasteiger partial charge >= 0.3 is 0 Å². The van der Waals surface area contributed by atoms with Crippen LogP contribution in [0.4, 0.5) is 0 Å². The first kappa shape index (κ1) is 9.63. The van der Waals surface area contributed by atoms with Crippen molar-refractivity contribution in [2.45, 2.75) is 6.42 Å². The number of hydrogen-bond acceptors (Lipinski definition) is 2. The van der Waals surface area contributed by atoms with Gasteiger partial charge in [0.05, 0.1) is 16.8 Å². The molecule has 0 aliphatic carbocycles. The average molecular weight is 267 g/mol. The Hall–Kier alpha value is -0.920. The van der Waals surface area contributed by atoms with E-state index >= 15 is 0 Å². The Morgan fingerprint density at radius 3 is 3.14 bits per heavy atom. The van der Waals surface area contributed by atoms with Crippen molar-refractivity contribution in [3.63, 3.8) is 0 Å². The van der Waals surface area contributed by atoms with Gasteiger partial charge in [0.15, 0.2) is 0 Å². The number of halogens is 1. The summed E-state index contributed by atoms with van der Waals surface area (Å²) < 4.78 is 6.60. The molecule has 0 bridgehead atoms. The van der Waals surface area contributed by atoms with Crippen molar-refractivity contribution >= 4 is 37.5 Å². The molecule has 0 aliphatic rings. The number of hydrogen-bond donors (Lipinski definition) is 0. The molecule has 0 aliphatic heterocycles. The van der Waals surface area contributed by atoms with Gasteiger partial charge in [-0.15, -0.1) is 0 Å². The fourth-order valence-electron chi connectivity index (χ4n) is 1.30. The summed E-state index contributed by atoms with van der Waals surface area (Å²) in [4.78, 5) is 3.34. The number of benzene rings is 1. The minimum Gasteiger partial charge on any atom is -0.317 e. The Morgan fingerprint density at radius 1 is 1.50 bits per heavy atom. The highest BCUT2D eigenvalue weighted by Gasteiger charge is 2.06. The van der Waals surface area contributed by atoms with Crippen molar-refractivity contribution in [1.82, 2.24) is 4.37 Å². The van der Waals surface area contributed by atoms with E-state index < -0.39 is 0 Å². The summed E-state index contributed by atoms with van der Waals surface area (Å²) in [5.74, 6) is 0. The fraction of sp³-hybridized carbons (Fsp3) is 0.200. The van der Waals surface area contributed by atoms with Gasteiger partial charge in [-0.3, -0.25) is 0 Å². The Labute approximate surface area is 94.7 Å². The Kier molecular flexibility index (Phi) is 2.80. The highest BCUT2D eigenvalue weighted by molar-refractivity contribution is 9.10. The zero-order valence-electron chi connectivity index (χ0n) is 7.33. The van der Waals surface area contributed by atoms with E-state index in [9.17, 15) is 0 Å². The first-order valence-electron chi connectivity index (χ1n) is 4.18. The van der Waals surface area contributed by atoms with Crippen LogP contribution in [0.2, 0.25) is 0 Å². The van der Waals surface area contributed by atoms with Crippen LogP contribution in [-0.4, -0.2) is 10.9 Å². The zero-order chi connectivity index (χ0) is 9.97. The van der Waals surface area contributed by atoms with Crippen LogP contribution in [0.1, 0.15) is 5.69 Å². The monoisotopic (exact) mass is 266 g/mol. The molecule has 0 saturated carbocycles. The summed E-state index contributed by atoms with van der Waals surface area (Å²) in [7, 11) is 0. The number of fused-ring (bicyclic) bond motifs is 1. The van der Waals surface area contributed by atoms with Gasteiger partial charge < -0.3 is 4.85 Å². The molecule has 4 heteroatoms. The predicted octanol–water partition coefficient (Wildman–Crippen LogP) is 3.52. The molecule has 0 amide bonds. The van der Waals surface area contributed by atoms with Crippen molar-refractivity contribution in [3.05, 3.63) is 39.8 Å². The van der Waals surface area contributed by atoms with Gasteiger partial charge in [-0.05, 0) is 29.7 Å². The van der Waals surface area contributed by atoms with Crippen LogP contribution in [0.5, 0.6) is 0 Å². The van der Waals surface area contributed by atoms with Gasteiger partial charge in [0.25, 0.3) is 0 Å². The van der Waals surface area contributed by atoms with Gasteiger partial charge in [0, 0.05) is 9.86 Å². The molecule has 14 heavy (non-hydrogen) atoms. The third kappa shape index (κ3) is 1.79. The number of nitrogens with zero attached hydrogens (tertiary/aromatic N) is 2. The second-order valence-corrected chi connectivity index (χ2v) is 4.62. The zero-order valence-corrected chi connectivity index (χ0v) is 9.73. The van der Waals surface area contributed by atoms with Crippen molar-refractivity contribution in [3.8, 4) is 0 Å². The Balaban J connectivity index is 2.46. The topological polar surface area (TPSA) is 17.2 Å². The van der Waals surface area contributed by atoms with E-state index in [1.165, 1.54) is 21.6 Å². The molecule has 0 N–H and O–H groups in total. The van der Waals surface area contributed by atoms with E-state index in [1.807, 2.05) is 6.07 Å². The molecule has 2 aromatic rings. The van der Waals surface area contributed by atoms with Crippen LogP contribution < -0.4 is 0 Å². The molecule has 0 radical (unpaired) electrons. The van der Waals surface area contributed by atoms with Gasteiger partial charge in [0.2, 0.25) is 6.54 Å². The maximum atomic E-state index is 6.75. The molecule has 2 rings (SSSR count). The van der Waals surface area contributed by atoms with E-state index in [-0.39, 0.29) is 0 Å². The lowest BCUT2D eigenvalue weighted by Crippen LogP contribution is -1.87. The molecular weight excluding hydrogens is 260 g/mol. The molecule has 2 nitrogen and oxygen atoms in total. The molecule has 70 valence electrons. The van der Waals surface area contributed by atoms with Gasteiger partial charge in [0.1, 0.15) is 0 Å². The Bertz CT molecular complexity index is 498. The van der Waals surface area contributed by atoms with Crippen molar-refractivity contribution in [2.24, 2.45) is 0 Å². The molecule has 0 atom stereocenters. The second kappa shape index (κ2) is 4.07. The van der Waals surface area contributed by atoms with E-state index in [0.717, 1.165) is 16.6 Å². The maximum absolute atomic E-state index is 6.75. The van der Waals surface area contributed by atoms with Gasteiger partial charge in [-0.2, -0.15) is 4.37 Å². The fourth-order valence-corrected chi connectivity index (χ4v) is 2.47. The molecule has 0 unspecified atom stereocenters. The molecular formula is C10H7BrN2S. The van der Waals surface area contributed by atoms with Gasteiger partial charge in [-0.1, -0.05) is 15.9 Å². The van der Waals surface area contributed by atoms with Crippen LogP contribution >= 0.6 is 27.5 Å². The standard InChI is InChI=1S/C10H7BrN2S/c1-12-5-4-9-8-6-7(11)2-3-10(8)14-13-9/h2-3,6H,4-5H2. The van der Waals surface area contributed by atoms with Crippen molar-refractivity contribution < 1.29 is 0 Å². The lowest BCUT2D eigenvalue weighted by atomic mass is 10.2. The van der Waals surface area contributed by atoms with Crippen LogP contribution in [-0.2, 0) is 6.42 Å². The smallest absolute Gasteiger partial charge is 0.220 e. The largest absolute Gasteiger partial charge is 0.317 e. The van der Waals surface area contributed by atoms with Gasteiger partial charge in [-0.25, -0.2) is 6.57 Å². The highest BCUT2D eigenvalue weighted by Crippen LogP contribution is 2.26. The first-order chi connectivity index (χ1) is 6.81. The third-order valence-corrected chi connectivity index (χ3v) is 3.32. The minimum atomic E-state index is 0.519. The quantitative estimate of drug-likeness (QED) is 0.761. The molecule has 0 saturated heterocycles. The highest BCUT2D eigenvalue weighted by atomic mass is 79.9. The molecule has 1 aromatic heterocycles. The van der Waals surface area contributed by atoms with Crippen LogP contribution in [0.15, 0.2) is 22.7 Å². The van der Waals surface area contributed by atoms with Crippen molar-refractivity contribution in [2.75, 3.05) is 6.54 Å². The third-order valence-electron chi connectivity index (χ3n) is 1.97. The summed E-state index contributed by atoms with van der Waals surface area (Å²) in [6.07, 6.45) is 0.750. The summed E-state index contributed by atoms with van der Waals surface area (Å²) >= 11 is 4.94. The summed E-state index contributed by atoms with van der Waals surface area (Å²) in [6.45, 7) is 7.27. The SMILES string of the molecule is [C-]#[N+]CCc1nsc2ccc(Br)cc12. The summed E-state index contributed by atoms with van der Waals surface area (Å²) in [6, 6.07) is 6.13. The Morgan fingerprint density at radius 2 is 2.36 bits per heavy atom. The lowest BCUT2D eigenvalue weighted by molar-refractivity contribution is 1.05. The molecule has 0 spiro atoms. The number of rotatable bonds is 2. The van der Waals surface area contributed by atoms with Crippen molar-refractivity contribution in [1.29, 1.82) is 0 Å². The number of aromatic nitrogens is 1. The predicted molar refractivity (Wildman–Crippen MR) is 62.5 cm³/mol. The first-order valence-corrected chi connectivity index (χ1v) is 5.75. The van der Waals surface area contributed by atoms with Crippen LogP contribution in [0.3, 0.4) is 0 Å². The van der Waals surface area contributed by atoms with Crippen LogP contribution in [0, 0.1) is 6.57 Å². The average Bonchev–Trinajstić information content (AvgIpc) is 2.57. The molecule has 1 heterocycles. The second-order valence-electron chi connectivity index (χ2n) is 2.90. The van der Waals surface area contributed by atoms with Crippen LogP contribution in [0.25, 0.3) is 14.9 Å².